The van der Waals surface area contributed by atoms with Crippen molar-refractivity contribution in [3.8, 4) is 0 Å². The highest BCUT2D eigenvalue weighted by atomic mass is 79.9. The van der Waals surface area contributed by atoms with E-state index in [-0.39, 0.29) is 11.7 Å². The number of carbonyl (C=O) groups is 1. The molecular weight excluding hydrogens is 318 g/mol. The second-order valence-corrected chi connectivity index (χ2v) is 6.30. The number of rotatable bonds is 5. The summed E-state index contributed by atoms with van der Waals surface area (Å²) in [5, 5.41) is 14.7. The van der Waals surface area contributed by atoms with Crippen molar-refractivity contribution in [3.63, 3.8) is 0 Å². The normalized spacial score (nSPS) is 12.5. The lowest BCUT2D eigenvalue weighted by atomic mass is 9.91. The summed E-state index contributed by atoms with van der Waals surface area (Å²) in [5.74, 6) is -0.197. The molecule has 0 aromatic carbocycles. The summed E-state index contributed by atoms with van der Waals surface area (Å²) in [6.07, 6.45) is 1.11. The Morgan fingerprint density at radius 2 is 2.17 bits per heavy atom. The van der Waals surface area contributed by atoms with Gasteiger partial charge in [-0.1, -0.05) is 19.0 Å². The highest BCUT2D eigenvalue weighted by Gasteiger charge is 2.33. The summed E-state index contributed by atoms with van der Waals surface area (Å²) in [6, 6.07) is 3.54. The Morgan fingerprint density at radius 1 is 1.56 bits per heavy atom. The zero-order valence-corrected chi connectivity index (χ0v) is 12.6. The first-order valence-corrected chi connectivity index (χ1v) is 7.16. The molecule has 0 saturated carbocycles. The second-order valence-electron chi connectivity index (χ2n) is 3.83. The maximum atomic E-state index is 12.1. The Bertz CT molecular complexity index is 455. The molecule has 0 unspecified atom stereocenters. The summed E-state index contributed by atoms with van der Waals surface area (Å²) in [6.45, 7) is 3.76. The fraction of sp³-hybridized carbons (Fsp3) is 0.455. The number of carbonyl (C=O) groups excluding carboxylic acids is 1. The maximum Gasteiger partial charge on any atom is 0.262 e. The molecule has 7 heteroatoms. The van der Waals surface area contributed by atoms with Crippen LogP contribution < -0.4 is 11.1 Å². The van der Waals surface area contributed by atoms with Crippen LogP contribution in [-0.2, 0) is 0 Å². The van der Waals surface area contributed by atoms with Crippen LogP contribution in [0.5, 0.6) is 0 Å². The highest BCUT2D eigenvalue weighted by Crippen LogP contribution is 2.23. The van der Waals surface area contributed by atoms with Crippen LogP contribution in [0, 0.1) is 0 Å². The lowest BCUT2D eigenvalue weighted by Gasteiger charge is -2.31. The molecule has 0 aliphatic carbocycles. The second kappa shape index (κ2) is 6.19. The van der Waals surface area contributed by atoms with Gasteiger partial charge in [0.25, 0.3) is 5.91 Å². The third kappa shape index (κ3) is 3.02. The Kier molecular flexibility index (Phi) is 5.15. The van der Waals surface area contributed by atoms with E-state index in [2.05, 4.69) is 26.4 Å². The summed E-state index contributed by atoms with van der Waals surface area (Å²) >= 11 is 4.65. The highest BCUT2D eigenvalue weighted by molar-refractivity contribution is 9.11. The van der Waals surface area contributed by atoms with E-state index in [0.717, 1.165) is 3.79 Å². The summed E-state index contributed by atoms with van der Waals surface area (Å²) < 4.78 is 0.884. The van der Waals surface area contributed by atoms with E-state index in [0.29, 0.717) is 17.7 Å². The number of thiophene rings is 1. The quantitative estimate of drug-likeness (QED) is 0.335. The topological polar surface area (TPSA) is 87.7 Å². The van der Waals surface area contributed by atoms with Crippen LogP contribution in [0.3, 0.4) is 0 Å². The first kappa shape index (κ1) is 15.0. The van der Waals surface area contributed by atoms with E-state index in [9.17, 15) is 4.79 Å². The number of nitrogens with zero attached hydrogens (tertiary/aromatic N) is 1. The van der Waals surface area contributed by atoms with Gasteiger partial charge in [-0.05, 0) is 40.9 Å². The van der Waals surface area contributed by atoms with Gasteiger partial charge in [-0.2, -0.15) is 0 Å². The number of amides is 1. The van der Waals surface area contributed by atoms with E-state index in [1.165, 1.54) is 11.3 Å². The van der Waals surface area contributed by atoms with Crippen molar-refractivity contribution < 1.29 is 10.0 Å². The van der Waals surface area contributed by atoms with E-state index in [1.807, 2.05) is 19.9 Å². The van der Waals surface area contributed by atoms with Gasteiger partial charge in [0.15, 0.2) is 5.84 Å². The van der Waals surface area contributed by atoms with Gasteiger partial charge in [0.1, 0.15) is 5.54 Å². The van der Waals surface area contributed by atoms with Gasteiger partial charge >= 0.3 is 0 Å². The molecule has 1 rings (SSSR count). The van der Waals surface area contributed by atoms with E-state index >= 15 is 0 Å². The molecular formula is C11H16BrN3O2S. The van der Waals surface area contributed by atoms with Crippen molar-refractivity contribution in [2.45, 2.75) is 32.2 Å². The van der Waals surface area contributed by atoms with Gasteiger partial charge in [-0.15, -0.1) is 11.3 Å². The lowest BCUT2D eigenvalue weighted by molar-refractivity contribution is 0.0922. The predicted octanol–water partition coefficient (Wildman–Crippen LogP) is 2.55. The largest absolute Gasteiger partial charge is 0.409 e. The van der Waals surface area contributed by atoms with Crippen LogP contribution in [0.2, 0.25) is 0 Å². The molecule has 0 radical (unpaired) electrons. The molecule has 0 aliphatic heterocycles. The first-order chi connectivity index (χ1) is 8.49. The van der Waals surface area contributed by atoms with E-state index < -0.39 is 5.54 Å². The van der Waals surface area contributed by atoms with Crippen molar-refractivity contribution in [2.24, 2.45) is 10.9 Å². The van der Waals surface area contributed by atoms with Crippen molar-refractivity contribution in [3.05, 3.63) is 20.8 Å². The van der Waals surface area contributed by atoms with Crippen LogP contribution in [0.25, 0.3) is 0 Å². The van der Waals surface area contributed by atoms with Crippen LogP contribution in [-0.4, -0.2) is 22.5 Å². The van der Waals surface area contributed by atoms with Gasteiger partial charge in [-0.25, -0.2) is 0 Å². The van der Waals surface area contributed by atoms with Gasteiger partial charge in [0.05, 0.1) is 8.66 Å². The van der Waals surface area contributed by atoms with Crippen LogP contribution in [0.15, 0.2) is 21.1 Å². The molecule has 0 saturated heterocycles. The zero-order chi connectivity index (χ0) is 13.8. The van der Waals surface area contributed by atoms with Crippen molar-refractivity contribution in [1.82, 2.24) is 5.32 Å². The summed E-state index contributed by atoms with van der Waals surface area (Å²) in [7, 11) is 0. The number of hydrogen-bond acceptors (Lipinski definition) is 4. The lowest BCUT2D eigenvalue weighted by Crippen LogP contribution is -2.56. The number of oxime groups is 1. The number of hydrogen-bond donors (Lipinski definition) is 3. The predicted molar refractivity (Wildman–Crippen MR) is 76.2 cm³/mol. The summed E-state index contributed by atoms with van der Waals surface area (Å²) in [4.78, 5) is 12.7. The Morgan fingerprint density at radius 3 is 2.56 bits per heavy atom. The molecule has 18 heavy (non-hydrogen) atoms. The molecule has 5 nitrogen and oxygen atoms in total. The SMILES string of the molecule is CCC(CC)(NC(=O)c1ccc(Br)s1)/C(N)=N/O. The standard InChI is InChI=1S/C11H16BrN3O2S/c1-3-11(4-2,10(13)15-17)14-9(16)7-5-6-8(12)18-7/h5-6,17H,3-4H2,1-2H3,(H2,13,15)(H,14,16). The molecule has 1 amide bonds. The molecule has 0 atom stereocenters. The minimum absolute atomic E-state index is 0.0245. The number of nitrogens with two attached hydrogens (primary N) is 1. The first-order valence-electron chi connectivity index (χ1n) is 5.55. The molecule has 1 aromatic rings. The fourth-order valence-corrected chi connectivity index (χ4v) is 2.95. The molecule has 1 heterocycles. The third-order valence-electron chi connectivity index (χ3n) is 2.95. The van der Waals surface area contributed by atoms with Crippen molar-refractivity contribution >= 4 is 39.0 Å². The molecule has 0 bridgehead atoms. The number of nitrogens with one attached hydrogen (secondary N) is 1. The van der Waals surface area contributed by atoms with Gasteiger partial charge in [0.2, 0.25) is 0 Å². The van der Waals surface area contributed by atoms with Crippen LogP contribution in [0.1, 0.15) is 36.4 Å². The average molecular weight is 334 g/mol. The molecule has 1 aromatic heterocycles. The zero-order valence-electron chi connectivity index (χ0n) is 10.2. The monoisotopic (exact) mass is 333 g/mol. The van der Waals surface area contributed by atoms with Gasteiger partial charge < -0.3 is 16.3 Å². The minimum Gasteiger partial charge on any atom is -0.409 e. The summed E-state index contributed by atoms with van der Waals surface area (Å²) in [5.41, 5.74) is 4.88. The van der Waals surface area contributed by atoms with Gasteiger partial charge in [-0.3, -0.25) is 4.79 Å². The fourth-order valence-electron chi connectivity index (χ4n) is 1.66. The average Bonchev–Trinajstić information content (AvgIpc) is 2.81. The molecule has 0 spiro atoms. The molecule has 0 fully saturated rings. The van der Waals surface area contributed by atoms with Crippen LogP contribution in [0.4, 0.5) is 0 Å². The Labute approximate surface area is 118 Å². The number of halogens is 1. The van der Waals surface area contributed by atoms with Crippen molar-refractivity contribution in [2.75, 3.05) is 0 Å². The van der Waals surface area contributed by atoms with Crippen LogP contribution >= 0.6 is 27.3 Å². The minimum atomic E-state index is -0.803. The maximum absolute atomic E-state index is 12.1. The number of amidine groups is 1. The van der Waals surface area contributed by atoms with Crippen molar-refractivity contribution in [1.29, 1.82) is 0 Å². The Hall–Kier alpha value is -1.08. The molecule has 0 aliphatic rings. The Balaban J connectivity index is 2.95. The van der Waals surface area contributed by atoms with Gasteiger partial charge in [0, 0.05) is 0 Å². The molecule has 4 N–H and O–H groups in total. The van der Waals surface area contributed by atoms with E-state index in [1.54, 1.807) is 6.07 Å². The smallest absolute Gasteiger partial charge is 0.262 e. The third-order valence-corrected chi connectivity index (χ3v) is 4.58. The molecule has 100 valence electrons. The van der Waals surface area contributed by atoms with E-state index in [4.69, 9.17) is 10.9 Å².